The molecule has 2 rings (SSSR count). The Balaban J connectivity index is 2.03. The van der Waals surface area contributed by atoms with Gasteiger partial charge in [-0.2, -0.15) is 9.41 Å². The average molecular weight is 456 g/mol. The van der Waals surface area contributed by atoms with E-state index in [-0.39, 0.29) is 9.92 Å². The Morgan fingerprint density at radius 3 is 2.40 bits per heavy atom. The normalized spacial score (nSPS) is 11.5. The van der Waals surface area contributed by atoms with E-state index in [4.69, 9.17) is 25.8 Å². The highest BCUT2D eigenvalue weighted by molar-refractivity contribution is 7.89. The van der Waals surface area contributed by atoms with Crippen LogP contribution in [0.3, 0.4) is 0 Å². The third kappa shape index (κ3) is 5.62. The molecule has 0 bridgehead atoms. The van der Waals surface area contributed by atoms with E-state index in [9.17, 15) is 13.2 Å². The van der Waals surface area contributed by atoms with Crippen molar-refractivity contribution in [1.29, 1.82) is 0 Å². The van der Waals surface area contributed by atoms with Crippen molar-refractivity contribution in [3.63, 3.8) is 0 Å². The van der Waals surface area contributed by atoms with Gasteiger partial charge in [0.25, 0.3) is 5.91 Å². The number of hydrogen-bond donors (Lipinski definition) is 1. The number of sulfonamides is 1. The number of rotatable bonds is 9. The zero-order valence-electron chi connectivity index (χ0n) is 16.9. The largest absolute Gasteiger partial charge is 0.497 e. The number of carbonyl (C=O) groups is 1. The summed E-state index contributed by atoms with van der Waals surface area (Å²) in [6.45, 7) is -0.441. The molecule has 0 heterocycles. The Kier molecular flexibility index (Phi) is 8.04. The van der Waals surface area contributed by atoms with Crippen LogP contribution in [0.4, 0.5) is 0 Å². The van der Waals surface area contributed by atoms with Crippen LogP contribution in [0.1, 0.15) is 5.56 Å². The summed E-state index contributed by atoms with van der Waals surface area (Å²) < 4.78 is 41.5. The minimum atomic E-state index is -3.93. The summed E-state index contributed by atoms with van der Waals surface area (Å²) >= 11 is 5.99. The fraction of sp³-hybridized carbons (Fsp3) is 0.263. The van der Waals surface area contributed by atoms with Crippen LogP contribution < -0.4 is 19.6 Å². The summed E-state index contributed by atoms with van der Waals surface area (Å²) in [5.41, 5.74) is 2.89. The number of benzene rings is 2. The average Bonchev–Trinajstić information content (AvgIpc) is 2.73. The van der Waals surface area contributed by atoms with E-state index >= 15 is 0 Å². The fourth-order valence-electron chi connectivity index (χ4n) is 2.41. The van der Waals surface area contributed by atoms with Crippen LogP contribution in [0.25, 0.3) is 0 Å². The molecule has 0 aromatic heterocycles. The molecule has 0 aliphatic heterocycles. The molecule has 2 aromatic carbocycles. The summed E-state index contributed by atoms with van der Waals surface area (Å²) in [5.74, 6) is 0.839. The van der Waals surface area contributed by atoms with E-state index < -0.39 is 22.5 Å². The Labute approximate surface area is 180 Å². The maximum absolute atomic E-state index is 12.6. The molecule has 0 spiro atoms. The van der Waals surface area contributed by atoms with E-state index in [1.165, 1.54) is 52.8 Å². The van der Waals surface area contributed by atoms with Gasteiger partial charge in [-0.3, -0.25) is 4.79 Å². The highest BCUT2D eigenvalue weighted by Gasteiger charge is 2.24. The van der Waals surface area contributed by atoms with E-state index in [1.807, 2.05) is 0 Å². The number of hydrogen-bond acceptors (Lipinski definition) is 7. The molecule has 9 nitrogen and oxygen atoms in total. The summed E-state index contributed by atoms with van der Waals surface area (Å²) in [5, 5.41) is 3.99. The van der Waals surface area contributed by atoms with Crippen molar-refractivity contribution in [2.45, 2.75) is 4.90 Å². The molecule has 162 valence electrons. The molecule has 0 fully saturated rings. The molecule has 0 atom stereocenters. The quantitative estimate of drug-likeness (QED) is 0.458. The standard InChI is InChI=1S/C19H22ClN3O6S/c1-23(30(25,26)15-7-8-17(28-3)16(20)10-15)12-19(24)22-21-11-13-5-6-14(27-2)9-18(13)29-4/h5-11H,12H2,1-4H3,(H,22,24)/b21-11+. The van der Waals surface area contributed by atoms with E-state index in [0.29, 0.717) is 22.8 Å². The molecule has 0 saturated carbocycles. The van der Waals surface area contributed by atoms with Crippen LogP contribution in [-0.2, 0) is 14.8 Å². The van der Waals surface area contributed by atoms with Gasteiger partial charge in [0.05, 0.1) is 44.0 Å². The van der Waals surface area contributed by atoms with E-state index in [2.05, 4.69) is 10.5 Å². The van der Waals surface area contributed by atoms with Crippen molar-refractivity contribution < 1.29 is 27.4 Å². The zero-order valence-corrected chi connectivity index (χ0v) is 18.5. The van der Waals surface area contributed by atoms with Gasteiger partial charge < -0.3 is 14.2 Å². The van der Waals surface area contributed by atoms with Crippen LogP contribution in [-0.4, -0.2) is 59.8 Å². The van der Waals surface area contributed by atoms with E-state index in [1.54, 1.807) is 18.2 Å². The van der Waals surface area contributed by atoms with Gasteiger partial charge in [0, 0.05) is 18.7 Å². The van der Waals surface area contributed by atoms with Crippen molar-refractivity contribution in [2.75, 3.05) is 34.9 Å². The van der Waals surface area contributed by atoms with Crippen LogP contribution in [0, 0.1) is 0 Å². The van der Waals surface area contributed by atoms with E-state index in [0.717, 1.165) is 4.31 Å². The SMILES string of the molecule is COc1ccc(/C=N/NC(=O)CN(C)S(=O)(=O)c2ccc(OC)c(Cl)c2)c(OC)c1. The zero-order chi connectivity index (χ0) is 22.3. The number of amides is 1. The van der Waals surface area contributed by atoms with Gasteiger partial charge in [0.2, 0.25) is 10.0 Å². The maximum atomic E-state index is 12.6. The van der Waals surface area contributed by atoms with Crippen LogP contribution in [0.2, 0.25) is 5.02 Å². The lowest BCUT2D eigenvalue weighted by Gasteiger charge is -2.16. The van der Waals surface area contributed by atoms with Crippen molar-refractivity contribution in [3.05, 3.63) is 47.0 Å². The molecular formula is C19H22ClN3O6S. The first kappa shape index (κ1) is 23.5. The van der Waals surface area contributed by atoms with Gasteiger partial charge in [0.1, 0.15) is 17.2 Å². The van der Waals surface area contributed by atoms with Crippen molar-refractivity contribution in [2.24, 2.45) is 5.10 Å². The summed E-state index contributed by atoms with van der Waals surface area (Å²) in [6.07, 6.45) is 1.38. The number of hydrazone groups is 1. The lowest BCUT2D eigenvalue weighted by molar-refractivity contribution is -0.121. The summed E-state index contributed by atoms with van der Waals surface area (Å²) in [7, 11) is 1.81. The second-order valence-electron chi connectivity index (χ2n) is 5.96. The minimum Gasteiger partial charge on any atom is -0.497 e. The maximum Gasteiger partial charge on any atom is 0.255 e. The first-order chi connectivity index (χ1) is 14.2. The fourth-order valence-corrected chi connectivity index (χ4v) is 3.89. The number of methoxy groups -OCH3 is 3. The number of halogens is 1. The molecular weight excluding hydrogens is 434 g/mol. The van der Waals surface area contributed by atoms with Crippen molar-refractivity contribution >= 4 is 33.7 Å². The molecule has 1 amide bonds. The molecule has 30 heavy (non-hydrogen) atoms. The van der Waals surface area contributed by atoms with Crippen LogP contribution in [0.15, 0.2) is 46.4 Å². The second-order valence-corrected chi connectivity index (χ2v) is 8.41. The molecule has 0 unspecified atom stereocenters. The smallest absolute Gasteiger partial charge is 0.255 e. The number of nitrogens with one attached hydrogen (secondary N) is 1. The number of nitrogens with zero attached hydrogens (tertiary/aromatic N) is 2. The van der Waals surface area contributed by atoms with Gasteiger partial charge in [-0.15, -0.1) is 0 Å². The first-order valence-electron chi connectivity index (χ1n) is 8.56. The third-order valence-electron chi connectivity index (χ3n) is 4.03. The molecule has 0 aliphatic carbocycles. The van der Waals surface area contributed by atoms with Crippen LogP contribution in [0.5, 0.6) is 17.2 Å². The Hall–Kier alpha value is -2.82. The minimum absolute atomic E-state index is 0.0601. The predicted octanol–water partition coefficient (Wildman–Crippen LogP) is 2.14. The molecule has 11 heteroatoms. The van der Waals surface area contributed by atoms with Gasteiger partial charge in [-0.1, -0.05) is 11.6 Å². The van der Waals surface area contributed by atoms with Crippen LogP contribution >= 0.6 is 11.6 Å². The Bertz CT molecular complexity index is 1040. The third-order valence-corrected chi connectivity index (χ3v) is 6.13. The molecule has 0 radical (unpaired) electrons. The first-order valence-corrected chi connectivity index (χ1v) is 10.4. The summed E-state index contributed by atoms with van der Waals surface area (Å²) in [6, 6.07) is 9.14. The van der Waals surface area contributed by atoms with Gasteiger partial charge in [-0.05, 0) is 30.3 Å². The van der Waals surface area contributed by atoms with Crippen molar-refractivity contribution in [1.82, 2.24) is 9.73 Å². The predicted molar refractivity (Wildman–Crippen MR) is 113 cm³/mol. The highest BCUT2D eigenvalue weighted by atomic mass is 35.5. The summed E-state index contributed by atoms with van der Waals surface area (Å²) in [4.78, 5) is 12.1. The molecule has 0 aliphatic rings. The lowest BCUT2D eigenvalue weighted by atomic mass is 10.2. The molecule has 0 saturated heterocycles. The lowest BCUT2D eigenvalue weighted by Crippen LogP contribution is -2.36. The number of ether oxygens (including phenoxy) is 3. The highest BCUT2D eigenvalue weighted by Crippen LogP contribution is 2.28. The Morgan fingerprint density at radius 2 is 1.80 bits per heavy atom. The molecule has 2 aromatic rings. The second kappa shape index (κ2) is 10.3. The number of carbonyl (C=O) groups excluding carboxylic acids is 1. The topological polar surface area (TPSA) is 107 Å². The molecule has 1 N–H and O–H groups in total. The van der Waals surface area contributed by atoms with Gasteiger partial charge in [0.15, 0.2) is 0 Å². The van der Waals surface area contributed by atoms with Gasteiger partial charge in [-0.25, -0.2) is 13.8 Å². The Morgan fingerprint density at radius 1 is 1.10 bits per heavy atom. The van der Waals surface area contributed by atoms with Gasteiger partial charge >= 0.3 is 0 Å². The monoisotopic (exact) mass is 455 g/mol. The number of likely N-dealkylation sites (N-methyl/N-ethyl adjacent to an activating group) is 1. The van der Waals surface area contributed by atoms with Crippen molar-refractivity contribution in [3.8, 4) is 17.2 Å².